The van der Waals surface area contributed by atoms with Crippen molar-refractivity contribution in [3.8, 4) is 0 Å². The Morgan fingerprint density at radius 3 is 1.53 bits per heavy atom. The first-order valence-electron chi connectivity index (χ1n) is 6.61. The second-order valence-electron chi connectivity index (χ2n) is 6.64. The van der Waals surface area contributed by atoms with Crippen molar-refractivity contribution in [3.05, 3.63) is 0 Å². The van der Waals surface area contributed by atoms with Gasteiger partial charge in [0.15, 0.2) is 0 Å². The van der Waals surface area contributed by atoms with Crippen LogP contribution in [0.4, 0.5) is 14.4 Å². The molecule has 0 aromatic rings. The number of imide groups is 3. The lowest BCUT2D eigenvalue weighted by atomic mass is 10.1. The van der Waals surface area contributed by atoms with Gasteiger partial charge in [0, 0.05) is 5.92 Å². The normalized spacial score (nSPS) is 26.4. The number of carbonyl (C=O) groups excluding carboxylic acids is 3. The minimum atomic E-state index is -0.397. The lowest BCUT2D eigenvalue weighted by Crippen LogP contribution is -2.81. The van der Waals surface area contributed by atoms with E-state index in [4.69, 9.17) is 0 Å². The fourth-order valence-electron chi connectivity index (χ4n) is 2.88. The number of carbonyl (C=O) groups is 3. The van der Waals surface area contributed by atoms with E-state index >= 15 is 0 Å². The van der Waals surface area contributed by atoms with Gasteiger partial charge in [0.25, 0.3) is 0 Å². The molecule has 6 heteroatoms. The summed E-state index contributed by atoms with van der Waals surface area (Å²) < 4.78 is -1.11. The van der Waals surface area contributed by atoms with E-state index < -0.39 is 15.0 Å². The molecule has 1 aliphatic rings. The highest BCUT2D eigenvalue weighted by Gasteiger charge is 2.72. The molecular formula is C13H26N3O3+3. The van der Waals surface area contributed by atoms with E-state index in [1.807, 2.05) is 13.8 Å². The van der Waals surface area contributed by atoms with Crippen LogP contribution < -0.4 is 0 Å². The third kappa shape index (κ3) is 2.13. The number of quaternary nitrogens is 3. The Morgan fingerprint density at radius 1 is 0.842 bits per heavy atom. The molecule has 0 N–H and O–H groups in total. The van der Waals surface area contributed by atoms with Crippen molar-refractivity contribution in [2.24, 2.45) is 5.92 Å². The molecule has 0 aromatic heterocycles. The number of hydrogen-bond acceptors (Lipinski definition) is 3. The van der Waals surface area contributed by atoms with Gasteiger partial charge >= 0.3 is 18.1 Å². The van der Waals surface area contributed by atoms with Crippen molar-refractivity contribution in [2.45, 2.75) is 20.3 Å². The van der Waals surface area contributed by atoms with Gasteiger partial charge in [-0.3, -0.25) is 0 Å². The highest BCUT2D eigenvalue weighted by atomic mass is 16.3. The van der Waals surface area contributed by atoms with Crippen LogP contribution in [0, 0.1) is 5.92 Å². The summed E-state index contributed by atoms with van der Waals surface area (Å²) in [4.78, 5) is 37.6. The molecule has 1 saturated heterocycles. The fraction of sp³-hybridized carbons (Fsp3) is 0.769. The van der Waals surface area contributed by atoms with E-state index in [0.717, 1.165) is 6.42 Å². The van der Waals surface area contributed by atoms with Gasteiger partial charge in [-0.05, 0) is 6.42 Å². The summed E-state index contributed by atoms with van der Waals surface area (Å²) in [5.41, 5.74) is 0. The topological polar surface area (TPSA) is 51.2 Å². The van der Waals surface area contributed by atoms with Crippen molar-refractivity contribution >= 4 is 18.1 Å². The van der Waals surface area contributed by atoms with Gasteiger partial charge in [-0.25, -0.2) is 0 Å². The maximum absolute atomic E-state index is 12.6. The molecule has 19 heavy (non-hydrogen) atoms. The third-order valence-corrected chi connectivity index (χ3v) is 4.13. The summed E-state index contributed by atoms with van der Waals surface area (Å²) >= 11 is 0. The predicted octanol–water partition coefficient (Wildman–Crippen LogP) is 2.01. The van der Waals surface area contributed by atoms with Crippen molar-refractivity contribution in [1.82, 2.24) is 0 Å². The second kappa shape index (κ2) is 4.47. The average Bonchev–Trinajstić information content (AvgIpc) is 2.33. The first kappa shape index (κ1) is 15.9. The van der Waals surface area contributed by atoms with Gasteiger partial charge in [-0.2, -0.15) is 14.4 Å². The molecule has 1 heterocycles. The SMILES string of the molecule is CCC(C)C[N+]1(C)C(=O)[N+](C)(C)C(=O)[N+](C)(C)C1=O. The monoisotopic (exact) mass is 272 g/mol. The fourth-order valence-corrected chi connectivity index (χ4v) is 2.88. The number of nitrogens with zero attached hydrogens (tertiary/aromatic N) is 3. The van der Waals surface area contributed by atoms with Gasteiger partial charge in [0.1, 0.15) is 6.54 Å². The second-order valence-corrected chi connectivity index (χ2v) is 6.64. The number of rotatable bonds is 3. The Morgan fingerprint density at radius 2 is 1.21 bits per heavy atom. The molecule has 1 atom stereocenters. The smallest absolute Gasteiger partial charge is 0.169 e. The standard InChI is InChI=1S/C13H26N3O3/c1-8-10(2)9-16(7)12(18)14(3,4)11(17)15(5,6)13(16)19/h10H,8-9H2,1-7H3/q+3. The first-order valence-corrected chi connectivity index (χ1v) is 6.61. The van der Waals surface area contributed by atoms with Crippen LogP contribution in [0.3, 0.4) is 0 Å². The van der Waals surface area contributed by atoms with Crippen LogP contribution in [0.1, 0.15) is 20.3 Å². The van der Waals surface area contributed by atoms with Crippen LogP contribution in [0.25, 0.3) is 0 Å². The number of urea groups is 3. The van der Waals surface area contributed by atoms with Crippen molar-refractivity contribution in [1.29, 1.82) is 0 Å². The average molecular weight is 272 g/mol. The van der Waals surface area contributed by atoms with Crippen LogP contribution in [-0.4, -0.2) is 73.3 Å². The zero-order valence-electron chi connectivity index (χ0n) is 13.1. The zero-order chi connectivity index (χ0) is 15.2. The molecule has 1 aliphatic heterocycles. The molecule has 0 radical (unpaired) electrons. The summed E-state index contributed by atoms with van der Waals surface area (Å²) in [7, 11) is 7.87. The molecule has 1 fully saturated rings. The number of amides is 6. The quantitative estimate of drug-likeness (QED) is 0.738. The molecule has 108 valence electrons. The molecule has 0 aliphatic carbocycles. The highest BCUT2D eigenvalue weighted by Crippen LogP contribution is 2.30. The Balaban J connectivity index is 3.35. The molecule has 0 bridgehead atoms. The molecule has 6 nitrogen and oxygen atoms in total. The summed E-state index contributed by atoms with van der Waals surface area (Å²) in [5.74, 6) is 0.242. The van der Waals surface area contributed by atoms with Crippen LogP contribution in [-0.2, 0) is 0 Å². The minimum Gasteiger partial charge on any atom is -0.169 e. The molecule has 1 unspecified atom stereocenters. The summed E-state index contributed by atoms with van der Waals surface area (Å²) in [5, 5.41) is 0. The van der Waals surface area contributed by atoms with Crippen LogP contribution >= 0.6 is 0 Å². The largest absolute Gasteiger partial charge is 0.538 e. The maximum atomic E-state index is 12.6. The third-order valence-electron chi connectivity index (χ3n) is 4.13. The lowest BCUT2D eigenvalue weighted by molar-refractivity contribution is -0.991. The Bertz CT molecular complexity index is 410. The van der Waals surface area contributed by atoms with E-state index in [9.17, 15) is 14.4 Å². The van der Waals surface area contributed by atoms with Crippen LogP contribution in [0.15, 0.2) is 0 Å². The van der Waals surface area contributed by atoms with Gasteiger partial charge < -0.3 is 0 Å². The predicted molar refractivity (Wildman–Crippen MR) is 70.9 cm³/mol. The number of hydrogen-bond donors (Lipinski definition) is 0. The van der Waals surface area contributed by atoms with Gasteiger partial charge in [0.2, 0.25) is 0 Å². The van der Waals surface area contributed by atoms with Crippen LogP contribution in [0.5, 0.6) is 0 Å². The van der Waals surface area contributed by atoms with E-state index in [1.165, 1.54) is 0 Å². The first-order chi connectivity index (χ1) is 8.42. The molecule has 1 rings (SSSR count). The van der Waals surface area contributed by atoms with Crippen molar-refractivity contribution in [3.63, 3.8) is 0 Å². The minimum absolute atomic E-state index is 0.242. The van der Waals surface area contributed by atoms with Gasteiger partial charge in [0.05, 0.1) is 35.2 Å². The van der Waals surface area contributed by atoms with E-state index in [2.05, 4.69) is 0 Å². The molecule has 0 spiro atoms. The summed E-state index contributed by atoms with van der Waals surface area (Å²) in [6, 6.07) is -1.10. The zero-order valence-corrected chi connectivity index (χ0v) is 13.1. The summed E-state index contributed by atoms with van der Waals surface area (Å²) in [6.07, 6.45) is 0.892. The Kier molecular flexibility index (Phi) is 3.75. The Labute approximate surface area is 115 Å². The lowest BCUT2D eigenvalue weighted by Gasteiger charge is -2.41. The van der Waals surface area contributed by atoms with E-state index in [1.54, 1.807) is 35.2 Å². The van der Waals surface area contributed by atoms with Crippen molar-refractivity contribution in [2.75, 3.05) is 41.8 Å². The van der Waals surface area contributed by atoms with E-state index in [-0.39, 0.29) is 22.5 Å². The molecule has 0 aromatic carbocycles. The van der Waals surface area contributed by atoms with Crippen molar-refractivity contribution < 1.29 is 27.8 Å². The van der Waals surface area contributed by atoms with Crippen LogP contribution in [0.2, 0.25) is 0 Å². The highest BCUT2D eigenvalue weighted by molar-refractivity contribution is 5.90. The maximum Gasteiger partial charge on any atom is 0.538 e. The van der Waals surface area contributed by atoms with Gasteiger partial charge in [-0.1, -0.05) is 27.3 Å². The van der Waals surface area contributed by atoms with E-state index in [0.29, 0.717) is 6.54 Å². The van der Waals surface area contributed by atoms with Gasteiger partial charge in [-0.15, -0.1) is 0 Å². The Hall–Kier alpha value is -1.11. The summed E-state index contributed by atoms with van der Waals surface area (Å²) in [6.45, 7) is 4.48. The molecule has 6 amide bonds. The molecular weight excluding hydrogens is 246 g/mol. The molecule has 0 saturated carbocycles.